The number of rotatable bonds is 7. The maximum absolute atomic E-state index is 10.7. The summed E-state index contributed by atoms with van der Waals surface area (Å²) in [5.74, 6) is 2.08. The van der Waals surface area contributed by atoms with E-state index in [-0.39, 0.29) is 6.10 Å². The van der Waals surface area contributed by atoms with Gasteiger partial charge in [0.2, 0.25) is 0 Å². The Labute approximate surface area is 91.5 Å². The number of esters is 1. The largest absolute Gasteiger partial charge is 0.485 e. The molecule has 3 heteroatoms. The molecule has 0 saturated carbocycles. The number of unbranched alkanes of at least 4 members (excludes halogenated alkanes) is 2. The van der Waals surface area contributed by atoms with Crippen LogP contribution in [0.4, 0.5) is 0 Å². The second kappa shape index (κ2) is 9.14. The average molecular weight is 210 g/mol. The molecule has 3 nitrogen and oxygen atoms in total. The summed E-state index contributed by atoms with van der Waals surface area (Å²) in [5.41, 5.74) is 0. The van der Waals surface area contributed by atoms with Gasteiger partial charge in [0.05, 0.1) is 19.4 Å². The first-order valence-electron chi connectivity index (χ1n) is 5.10. The molecule has 0 aromatic heterocycles. The molecule has 0 saturated heterocycles. The molecule has 0 fully saturated rings. The van der Waals surface area contributed by atoms with Crippen molar-refractivity contribution in [1.29, 1.82) is 0 Å². The average Bonchev–Trinajstić information content (AvgIpc) is 2.26. The van der Waals surface area contributed by atoms with E-state index in [1.807, 2.05) is 0 Å². The van der Waals surface area contributed by atoms with E-state index in [0.29, 0.717) is 0 Å². The highest BCUT2D eigenvalue weighted by Crippen LogP contribution is 2.06. The lowest BCUT2D eigenvalue weighted by Gasteiger charge is -2.09. The van der Waals surface area contributed by atoms with Gasteiger partial charge in [0, 0.05) is 0 Å². The van der Waals surface area contributed by atoms with E-state index in [1.165, 1.54) is 19.4 Å². The summed E-state index contributed by atoms with van der Waals surface area (Å²) < 4.78 is 9.60. The van der Waals surface area contributed by atoms with Crippen LogP contribution in [0.2, 0.25) is 0 Å². The maximum Gasteiger partial charge on any atom is 0.333 e. The van der Waals surface area contributed by atoms with Crippen molar-refractivity contribution in [3.8, 4) is 12.3 Å². The fourth-order valence-corrected chi connectivity index (χ4v) is 1.03. The van der Waals surface area contributed by atoms with Crippen LogP contribution in [-0.4, -0.2) is 19.2 Å². The Balaban J connectivity index is 3.76. The standard InChI is InChI=1S/C12H18O3/c1-4-6-7-8-11(5-2)15-10-9-12(13)14-3/h2,9-11H,4,6-8H2,1,3H3/b10-9+/t11-/m0/s1. The third kappa shape index (κ3) is 7.63. The van der Waals surface area contributed by atoms with E-state index in [4.69, 9.17) is 11.2 Å². The highest BCUT2D eigenvalue weighted by molar-refractivity contribution is 5.81. The third-order valence-electron chi connectivity index (χ3n) is 1.90. The lowest BCUT2D eigenvalue weighted by Crippen LogP contribution is -2.06. The summed E-state index contributed by atoms with van der Waals surface area (Å²) in [6.07, 6.45) is 11.7. The Morgan fingerprint density at radius 1 is 1.53 bits per heavy atom. The Kier molecular flexibility index (Phi) is 8.27. The smallest absolute Gasteiger partial charge is 0.333 e. The molecular formula is C12H18O3. The van der Waals surface area contributed by atoms with Crippen molar-refractivity contribution in [2.45, 2.75) is 38.7 Å². The van der Waals surface area contributed by atoms with Gasteiger partial charge in [-0.3, -0.25) is 0 Å². The van der Waals surface area contributed by atoms with Crippen LogP contribution in [0, 0.1) is 12.3 Å². The van der Waals surface area contributed by atoms with Crippen LogP contribution >= 0.6 is 0 Å². The molecule has 0 aromatic carbocycles. The monoisotopic (exact) mass is 210 g/mol. The molecule has 84 valence electrons. The van der Waals surface area contributed by atoms with Crippen molar-refractivity contribution >= 4 is 5.97 Å². The highest BCUT2D eigenvalue weighted by atomic mass is 16.5. The molecule has 0 bridgehead atoms. The Morgan fingerprint density at radius 3 is 2.80 bits per heavy atom. The zero-order valence-electron chi connectivity index (χ0n) is 9.36. The van der Waals surface area contributed by atoms with Crippen molar-refractivity contribution in [3.63, 3.8) is 0 Å². The molecule has 15 heavy (non-hydrogen) atoms. The molecule has 0 radical (unpaired) electrons. The number of hydrogen-bond acceptors (Lipinski definition) is 3. The zero-order valence-corrected chi connectivity index (χ0v) is 9.36. The fourth-order valence-electron chi connectivity index (χ4n) is 1.03. The molecule has 0 aromatic rings. The van der Waals surface area contributed by atoms with Gasteiger partial charge in [-0.25, -0.2) is 4.79 Å². The van der Waals surface area contributed by atoms with Gasteiger partial charge in [-0.15, -0.1) is 6.42 Å². The highest BCUT2D eigenvalue weighted by Gasteiger charge is 2.02. The van der Waals surface area contributed by atoms with Crippen LogP contribution in [0.1, 0.15) is 32.6 Å². The minimum atomic E-state index is -0.445. The normalized spacial score (nSPS) is 12.1. The van der Waals surface area contributed by atoms with Gasteiger partial charge in [-0.2, -0.15) is 0 Å². The van der Waals surface area contributed by atoms with Crippen LogP contribution in [0.25, 0.3) is 0 Å². The van der Waals surface area contributed by atoms with Crippen molar-refractivity contribution in [2.24, 2.45) is 0 Å². The van der Waals surface area contributed by atoms with Gasteiger partial charge >= 0.3 is 5.97 Å². The summed E-state index contributed by atoms with van der Waals surface area (Å²) in [4.78, 5) is 10.7. The summed E-state index contributed by atoms with van der Waals surface area (Å²) in [5, 5.41) is 0. The topological polar surface area (TPSA) is 35.5 Å². The molecule has 1 atom stereocenters. The quantitative estimate of drug-likeness (QED) is 0.212. The van der Waals surface area contributed by atoms with Gasteiger partial charge in [0.1, 0.15) is 0 Å². The molecule has 0 unspecified atom stereocenters. The van der Waals surface area contributed by atoms with E-state index in [2.05, 4.69) is 17.6 Å². The molecule has 0 aliphatic heterocycles. The minimum absolute atomic E-state index is 0.252. The van der Waals surface area contributed by atoms with Crippen molar-refractivity contribution in [2.75, 3.05) is 7.11 Å². The summed E-state index contributed by atoms with van der Waals surface area (Å²) in [6, 6.07) is 0. The van der Waals surface area contributed by atoms with Gasteiger partial charge in [0.25, 0.3) is 0 Å². The third-order valence-corrected chi connectivity index (χ3v) is 1.90. The first kappa shape index (κ1) is 13.6. The van der Waals surface area contributed by atoms with Gasteiger partial charge < -0.3 is 9.47 Å². The molecule has 0 N–H and O–H groups in total. The molecule has 0 aliphatic rings. The van der Waals surface area contributed by atoms with Crippen LogP contribution in [0.15, 0.2) is 12.3 Å². The zero-order chi connectivity index (χ0) is 11.5. The second-order valence-corrected chi connectivity index (χ2v) is 3.11. The van der Waals surface area contributed by atoms with E-state index < -0.39 is 5.97 Å². The predicted molar refractivity (Wildman–Crippen MR) is 59.0 cm³/mol. The number of ether oxygens (including phenoxy) is 2. The summed E-state index contributed by atoms with van der Waals surface area (Å²) in [7, 11) is 1.31. The van der Waals surface area contributed by atoms with Crippen molar-refractivity contribution < 1.29 is 14.3 Å². The van der Waals surface area contributed by atoms with Crippen LogP contribution in [0.3, 0.4) is 0 Å². The molecule has 0 heterocycles. The van der Waals surface area contributed by atoms with Gasteiger partial charge in [0.15, 0.2) is 6.10 Å². The Bertz CT molecular complexity index is 238. The Hall–Kier alpha value is -1.43. The molecule has 0 aliphatic carbocycles. The summed E-state index contributed by atoms with van der Waals surface area (Å²) >= 11 is 0. The van der Waals surface area contributed by atoms with Crippen LogP contribution in [0.5, 0.6) is 0 Å². The fraction of sp³-hybridized carbons (Fsp3) is 0.583. The second-order valence-electron chi connectivity index (χ2n) is 3.11. The van der Waals surface area contributed by atoms with E-state index >= 15 is 0 Å². The SMILES string of the molecule is C#C[C@@H](CCCCC)O/C=C/C(=O)OC. The lowest BCUT2D eigenvalue weighted by atomic mass is 10.1. The molecule has 0 amide bonds. The first-order chi connectivity index (χ1) is 7.24. The van der Waals surface area contributed by atoms with Crippen molar-refractivity contribution in [1.82, 2.24) is 0 Å². The number of methoxy groups -OCH3 is 1. The van der Waals surface area contributed by atoms with Crippen molar-refractivity contribution in [3.05, 3.63) is 12.3 Å². The van der Waals surface area contributed by atoms with E-state index in [1.54, 1.807) is 0 Å². The lowest BCUT2D eigenvalue weighted by molar-refractivity contribution is -0.135. The minimum Gasteiger partial charge on any atom is -0.485 e. The number of carbonyl (C=O) groups is 1. The molecule has 0 rings (SSSR count). The van der Waals surface area contributed by atoms with Gasteiger partial charge in [-0.1, -0.05) is 25.7 Å². The molecule has 0 spiro atoms. The first-order valence-corrected chi connectivity index (χ1v) is 5.10. The number of terminal acetylenes is 1. The summed E-state index contributed by atoms with van der Waals surface area (Å²) in [6.45, 7) is 2.13. The van der Waals surface area contributed by atoms with Crippen LogP contribution in [-0.2, 0) is 14.3 Å². The van der Waals surface area contributed by atoms with E-state index in [9.17, 15) is 4.79 Å². The number of hydrogen-bond donors (Lipinski definition) is 0. The maximum atomic E-state index is 10.7. The molecular weight excluding hydrogens is 192 g/mol. The van der Waals surface area contributed by atoms with E-state index in [0.717, 1.165) is 25.7 Å². The van der Waals surface area contributed by atoms with Crippen LogP contribution < -0.4 is 0 Å². The van der Waals surface area contributed by atoms with Gasteiger partial charge in [-0.05, 0) is 12.8 Å². The predicted octanol–water partition coefficient (Wildman–Crippen LogP) is 2.27. The number of carbonyl (C=O) groups excluding carboxylic acids is 1. The Morgan fingerprint density at radius 2 is 2.27 bits per heavy atom.